The van der Waals surface area contributed by atoms with Gasteiger partial charge in [0.1, 0.15) is 0 Å². The number of esters is 1. The van der Waals surface area contributed by atoms with E-state index in [1.807, 2.05) is 32.9 Å². The third kappa shape index (κ3) is 4.79. The molecule has 0 spiro atoms. The van der Waals surface area contributed by atoms with Crippen LogP contribution in [-0.4, -0.2) is 32.9 Å². The monoisotopic (exact) mass is 406 g/mol. The molecule has 0 bridgehead atoms. The largest absolute Gasteiger partial charge is 0.450 e. The summed E-state index contributed by atoms with van der Waals surface area (Å²) in [5, 5.41) is 2.36. The van der Waals surface area contributed by atoms with Gasteiger partial charge in [-0.25, -0.2) is 17.9 Å². The summed E-state index contributed by atoms with van der Waals surface area (Å²) in [5.41, 5.74) is 3.56. The summed E-state index contributed by atoms with van der Waals surface area (Å²) in [4.78, 5) is 24.1. The van der Waals surface area contributed by atoms with Crippen LogP contribution in [0.15, 0.2) is 33.8 Å². The number of sulfonamides is 1. The third-order valence-electron chi connectivity index (χ3n) is 4.22. The predicted molar refractivity (Wildman–Crippen MR) is 102 cm³/mol. The van der Waals surface area contributed by atoms with Crippen molar-refractivity contribution in [3.8, 4) is 0 Å². The van der Waals surface area contributed by atoms with Crippen molar-refractivity contribution in [2.45, 2.75) is 44.7 Å². The molecule has 0 aliphatic heterocycles. The summed E-state index contributed by atoms with van der Waals surface area (Å²) in [6, 6.07) is 6.18. The van der Waals surface area contributed by atoms with Crippen molar-refractivity contribution < 1.29 is 27.2 Å². The number of amides is 1. The van der Waals surface area contributed by atoms with E-state index < -0.39 is 28.5 Å². The number of hydrogen-bond acceptors (Lipinski definition) is 6. The van der Waals surface area contributed by atoms with Gasteiger partial charge in [-0.05, 0) is 56.9 Å². The highest BCUT2D eigenvalue weighted by atomic mass is 32.2. The van der Waals surface area contributed by atoms with E-state index in [2.05, 4.69) is 10.0 Å². The third-order valence-corrected chi connectivity index (χ3v) is 5.62. The molecule has 150 valence electrons. The van der Waals surface area contributed by atoms with E-state index in [1.165, 1.54) is 12.1 Å². The lowest BCUT2D eigenvalue weighted by molar-refractivity contribution is -0.119. The van der Waals surface area contributed by atoms with Crippen LogP contribution >= 0.6 is 0 Å². The second-order valence-corrected chi connectivity index (χ2v) is 8.56. The fourth-order valence-electron chi connectivity index (χ4n) is 2.81. The zero-order valence-corrected chi connectivity index (χ0v) is 16.7. The summed E-state index contributed by atoms with van der Waals surface area (Å²) >= 11 is 0. The van der Waals surface area contributed by atoms with E-state index in [1.54, 1.807) is 0 Å². The molecule has 2 aromatic rings. The minimum absolute atomic E-state index is 0.0807. The number of nitrogens with one attached hydrogen (secondary N) is 2. The Kier molecular flexibility index (Phi) is 5.57. The number of benzene rings is 1. The number of carbonyl (C=O) groups is 2. The van der Waals surface area contributed by atoms with Crippen LogP contribution in [0.2, 0.25) is 0 Å². The molecular weight excluding hydrogens is 384 g/mol. The van der Waals surface area contributed by atoms with Crippen LogP contribution in [0.3, 0.4) is 0 Å². The van der Waals surface area contributed by atoms with Crippen LogP contribution < -0.4 is 10.0 Å². The summed E-state index contributed by atoms with van der Waals surface area (Å²) in [7, 11) is -3.80. The maximum Gasteiger partial charge on any atom is 0.374 e. The minimum atomic E-state index is -3.80. The number of furan rings is 1. The first-order valence-corrected chi connectivity index (χ1v) is 10.3. The van der Waals surface area contributed by atoms with E-state index in [0.29, 0.717) is 5.69 Å². The van der Waals surface area contributed by atoms with Crippen molar-refractivity contribution >= 4 is 27.6 Å². The Morgan fingerprint density at radius 2 is 1.79 bits per heavy atom. The van der Waals surface area contributed by atoms with Crippen molar-refractivity contribution in [2.24, 2.45) is 0 Å². The first-order chi connectivity index (χ1) is 13.2. The van der Waals surface area contributed by atoms with Crippen molar-refractivity contribution in [3.63, 3.8) is 0 Å². The Labute approximate surface area is 163 Å². The first-order valence-electron chi connectivity index (χ1n) is 8.82. The normalized spacial score (nSPS) is 14.0. The molecule has 3 rings (SSSR count). The number of carbonyl (C=O) groups excluding carboxylic acids is 2. The number of ether oxygens (including phenoxy) is 1. The van der Waals surface area contributed by atoms with Gasteiger partial charge in [0, 0.05) is 11.7 Å². The first kappa shape index (κ1) is 20.1. The van der Waals surface area contributed by atoms with Gasteiger partial charge in [0.25, 0.3) is 15.9 Å². The molecule has 1 aromatic carbocycles. The molecule has 0 unspecified atom stereocenters. The van der Waals surface area contributed by atoms with E-state index in [-0.39, 0.29) is 16.9 Å². The molecule has 8 nitrogen and oxygen atoms in total. The van der Waals surface area contributed by atoms with Crippen LogP contribution in [0.5, 0.6) is 0 Å². The van der Waals surface area contributed by atoms with Crippen LogP contribution in [0.25, 0.3) is 0 Å². The van der Waals surface area contributed by atoms with Crippen molar-refractivity contribution in [1.82, 2.24) is 4.72 Å². The van der Waals surface area contributed by atoms with Gasteiger partial charge in [-0.2, -0.15) is 0 Å². The molecule has 1 fully saturated rings. The SMILES string of the molecule is Cc1cc(C)c(NC(=O)COC(=O)c2ccc(S(=O)(=O)NC3CC3)o2)c(C)c1. The Bertz CT molecular complexity index is 998. The van der Waals surface area contributed by atoms with Crippen molar-refractivity contribution in [1.29, 1.82) is 0 Å². The molecule has 28 heavy (non-hydrogen) atoms. The van der Waals surface area contributed by atoms with E-state index in [9.17, 15) is 18.0 Å². The molecule has 1 saturated carbocycles. The summed E-state index contributed by atoms with van der Waals surface area (Å²) < 4.78 is 36.6. The molecule has 0 radical (unpaired) electrons. The lowest BCUT2D eigenvalue weighted by Gasteiger charge is -2.12. The fourth-order valence-corrected chi connectivity index (χ4v) is 4.05. The van der Waals surface area contributed by atoms with Crippen LogP contribution in [-0.2, 0) is 19.6 Å². The van der Waals surface area contributed by atoms with Gasteiger partial charge in [0.05, 0.1) is 0 Å². The molecule has 1 heterocycles. The number of hydrogen-bond donors (Lipinski definition) is 2. The molecule has 9 heteroatoms. The lowest BCUT2D eigenvalue weighted by Crippen LogP contribution is -2.25. The molecule has 0 atom stereocenters. The van der Waals surface area contributed by atoms with E-state index in [0.717, 1.165) is 29.5 Å². The summed E-state index contributed by atoms with van der Waals surface area (Å²) in [6.45, 7) is 5.20. The average Bonchev–Trinajstić information content (AvgIpc) is 3.25. The highest BCUT2D eigenvalue weighted by Gasteiger charge is 2.30. The summed E-state index contributed by atoms with van der Waals surface area (Å²) in [5.74, 6) is -1.70. The van der Waals surface area contributed by atoms with Crippen molar-refractivity contribution in [2.75, 3.05) is 11.9 Å². The minimum Gasteiger partial charge on any atom is -0.450 e. The van der Waals surface area contributed by atoms with Gasteiger partial charge < -0.3 is 14.5 Å². The standard InChI is InChI=1S/C19H22N2O6S/c1-11-8-12(2)18(13(3)9-11)20-16(22)10-26-19(23)15-6-7-17(27-15)28(24,25)21-14-4-5-14/h6-9,14,21H,4-5,10H2,1-3H3,(H,20,22). The quantitative estimate of drug-likeness (QED) is 0.683. The van der Waals surface area contributed by atoms with Gasteiger partial charge in [-0.15, -0.1) is 0 Å². The highest BCUT2D eigenvalue weighted by molar-refractivity contribution is 7.89. The molecule has 1 aliphatic carbocycles. The van der Waals surface area contributed by atoms with Crippen LogP contribution in [0.4, 0.5) is 5.69 Å². The highest BCUT2D eigenvalue weighted by Crippen LogP contribution is 2.24. The van der Waals surface area contributed by atoms with Crippen molar-refractivity contribution in [3.05, 3.63) is 46.7 Å². The van der Waals surface area contributed by atoms with Gasteiger partial charge in [0.2, 0.25) is 10.9 Å². The molecule has 1 aromatic heterocycles. The second-order valence-electron chi connectivity index (χ2n) is 6.91. The van der Waals surface area contributed by atoms with E-state index >= 15 is 0 Å². The fraction of sp³-hybridized carbons (Fsp3) is 0.368. The maximum absolute atomic E-state index is 12.1. The Hall–Kier alpha value is -2.65. The molecule has 1 aliphatic rings. The smallest absolute Gasteiger partial charge is 0.374 e. The van der Waals surface area contributed by atoms with Gasteiger partial charge in [-0.3, -0.25) is 4.79 Å². The van der Waals surface area contributed by atoms with Gasteiger partial charge >= 0.3 is 5.97 Å². The predicted octanol–water partition coefficient (Wildman–Crippen LogP) is 2.44. The molecule has 0 saturated heterocycles. The number of aryl methyl sites for hydroxylation is 3. The Balaban J connectivity index is 1.58. The Morgan fingerprint density at radius 3 is 2.39 bits per heavy atom. The molecular formula is C19H22N2O6S. The topological polar surface area (TPSA) is 115 Å². The lowest BCUT2D eigenvalue weighted by atomic mass is 10.1. The number of rotatable bonds is 7. The van der Waals surface area contributed by atoms with E-state index in [4.69, 9.17) is 9.15 Å². The van der Waals surface area contributed by atoms with Gasteiger partial charge in [0.15, 0.2) is 6.61 Å². The van der Waals surface area contributed by atoms with Crippen LogP contribution in [0, 0.1) is 20.8 Å². The maximum atomic E-state index is 12.1. The molecule has 2 N–H and O–H groups in total. The average molecular weight is 406 g/mol. The molecule has 1 amide bonds. The summed E-state index contributed by atoms with van der Waals surface area (Å²) in [6.07, 6.45) is 1.56. The number of anilines is 1. The van der Waals surface area contributed by atoms with Crippen LogP contribution in [0.1, 0.15) is 40.1 Å². The zero-order valence-electron chi connectivity index (χ0n) is 15.9. The second kappa shape index (κ2) is 7.76. The zero-order chi connectivity index (χ0) is 20.5. The Morgan fingerprint density at radius 1 is 1.14 bits per heavy atom. The van der Waals surface area contributed by atoms with Gasteiger partial charge in [-0.1, -0.05) is 17.7 Å².